The number of hydrogen-bond donors (Lipinski definition) is 0. The van der Waals surface area contributed by atoms with Crippen molar-refractivity contribution in [1.82, 2.24) is 19.2 Å². The highest BCUT2D eigenvalue weighted by Gasteiger charge is 2.29. The van der Waals surface area contributed by atoms with E-state index in [9.17, 15) is 14.0 Å². The van der Waals surface area contributed by atoms with Crippen LogP contribution in [0.1, 0.15) is 36.1 Å². The summed E-state index contributed by atoms with van der Waals surface area (Å²) in [5.74, 6) is -0.725. The van der Waals surface area contributed by atoms with Crippen LogP contribution >= 0.6 is 0 Å². The minimum Gasteiger partial charge on any atom is -0.450 e. The number of halogens is 1. The lowest BCUT2D eigenvalue weighted by atomic mass is 9.92. The van der Waals surface area contributed by atoms with E-state index in [1.54, 1.807) is 29.0 Å². The van der Waals surface area contributed by atoms with Gasteiger partial charge < -0.3 is 18.9 Å². The molecule has 2 amide bonds. The third kappa shape index (κ3) is 4.44. The number of fused-ring (bicyclic) bond motifs is 1. The normalized spacial score (nSPS) is 15.1. The predicted molar refractivity (Wildman–Crippen MR) is 118 cm³/mol. The largest absolute Gasteiger partial charge is 0.450 e. The van der Waals surface area contributed by atoms with Crippen LogP contribution in [0.4, 0.5) is 9.18 Å². The first-order chi connectivity index (χ1) is 15.5. The van der Waals surface area contributed by atoms with Gasteiger partial charge in [0.05, 0.1) is 12.3 Å². The Morgan fingerprint density at radius 1 is 1.12 bits per heavy atom. The van der Waals surface area contributed by atoms with E-state index in [0.717, 1.165) is 22.5 Å². The molecule has 0 radical (unpaired) electrons. The molecule has 1 aromatic carbocycles. The molecule has 0 spiro atoms. The molecule has 0 aliphatic carbocycles. The van der Waals surface area contributed by atoms with Crippen molar-refractivity contribution < 1.29 is 18.7 Å². The fourth-order valence-corrected chi connectivity index (χ4v) is 4.20. The molecule has 7 nitrogen and oxygen atoms in total. The smallest absolute Gasteiger partial charge is 0.409 e. The van der Waals surface area contributed by atoms with Crippen LogP contribution in [-0.4, -0.2) is 64.0 Å². The van der Waals surface area contributed by atoms with E-state index in [1.165, 1.54) is 12.1 Å². The van der Waals surface area contributed by atoms with Crippen molar-refractivity contribution in [2.24, 2.45) is 0 Å². The second-order valence-corrected chi connectivity index (χ2v) is 7.95. The highest BCUT2D eigenvalue weighted by molar-refractivity contribution is 5.78. The first kappa shape index (κ1) is 21.8. The first-order valence-corrected chi connectivity index (χ1v) is 10.9. The summed E-state index contributed by atoms with van der Waals surface area (Å²) < 4.78 is 21.1. The minimum absolute atomic E-state index is 0.0367. The minimum atomic E-state index is -0.349. The number of carbonyl (C=O) groups excluding carboxylic acids is 2. The number of aromatic nitrogens is 2. The lowest BCUT2D eigenvalue weighted by Gasteiger charge is -2.34. The van der Waals surface area contributed by atoms with Gasteiger partial charge in [-0.1, -0.05) is 18.2 Å². The van der Waals surface area contributed by atoms with Gasteiger partial charge in [0.1, 0.15) is 11.5 Å². The van der Waals surface area contributed by atoms with Gasteiger partial charge in [0.25, 0.3) is 0 Å². The third-order valence-corrected chi connectivity index (χ3v) is 5.90. The number of hydrogen-bond acceptors (Lipinski definition) is 4. The maximum absolute atomic E-state index is 14.1. The maximum Gasteiger partial charge on any atom is 0.409 e. The Labute approximate surface area is 186 Å². The number of nitrogens with zero attached hydrogens (tertiary/aromatic N) is 4. The van der Waals surface area contributed by atoms with E-state index in [2.05, 4.69) is 4.98 Å². The van der Waals surface area contributed by atoms with Gasteiger partial charge in [-0.15, -0.1) is 0 Å². The Morgan fingerprint density at radius 2 is 1.88 bits per heavy atom. The van der Waals surface area contributed by atoms with Gasteiger partial charge in [-0.3, -0.25) is 4.79 Å². The van der Waals surface area contributed by atoms with Crippen LogP contribution in [0, 0.1) is 12.7 Å². The summed E-state index contributed by atoms with van der Waals surface area (Å²) in [4.78, 5) is 33.1. The Kier molecular flexibility index (Phi) is 6.39. The summed E-state index contributed by atoms with van der Waals surface area (Å²) in [6.07, 6.45) is 3.52. The van der Waals surface area contributed by atoms with Crippen molar-refractivity contribution >= 4 is 17.6 Å². The molecule has 4 rings (SSSR count). The van der Waals surface area contributed by atoms with E-state index in [4.69, 9.17) is 4.74 Å². The summed E-state index contributed by atoms with van der Waals surface area (Å²) in [7, 11) is 0. The molecule has 0 saturated carbocycles. The van der Waals surface area contributed by atoms with Gasteiger partial charge in [0.15, 0.2) is 0 Å². The molecular weight excluding hydrogens is 411 g/mol. The van der Waals surface area contributed by atoms with Gasteiger partial charge >= 0.3 is 6.09 Å². The molecule has 1 aliphatic rings. The van der Waals surface area contributed by atoms with Crippen LogP contribution in [0.25, 0.3) is 5.65 Å². The average Bonchev–Trinajstić information content (AvgIpc) is 3.23. The van der Waals surface area contributed by atoms with Gasteiger partial charge in [0.2, 0.25) is 5.91 Å². The molecule has 1 saturated heterocycles. The number of ether oxygens (including phenoxy) is 1. The molecule has 0 N–H and O–H groups in total. The van der Waals surface area contributed by atoms with Crippen molar-refractivity contribution in [3.05, 3.63) is 71.4 Å². The molecule has 1 aliphatic heterocycles. The van der Waals surface area contributed by atoms with E-state index < -0.39 is 0 Å². The van der Waals surface area contributed by atoms with Crippen LogP contribution in [-0.2, 0) is 9.53 Å². The van der Waals surface area contributed by atoms with Crippen LogP contribution in [0.3, 0.4) is 0 Å². The summed E-state index contributed by atoms with van der Waals surface area (Å²) >= 11 is 0. The summed E-state index contributed by atoms with van der Waals surface area (Å²) in [5.41, 5.74) is 3.41. The molecule has 0 bridgehead atoms. The quantitative estimate of drug-likeness (QED) is 0.611. The Balaban J connectivity index is 1.57. The molecule has 8 heteroatoms. The lowest BCUT2D eigenvalue weighted by Crippen LogP contribution is -2.51. The number of benzene rings is 1. The van der Waals surface area contributed by atoms with Crippen LogP contribution in [0.5, 0.6) is 0 Å². The second-order valence-electron chi connectivity index (χ2n) is 7.95. The second kappa shape index (κ2) is 9.38. The first-order valence-electron chi connectivity index (χ1n) is 10.9. The standard InChI is InChI=1S/C24H27FN4O3/c1-3-32-24(31)28-12-10-27(11-13-28)22(30)15-20(18-7-4-8-19(25)14-18)21-16-26-23-17(2)6-5-9-29(21)23/h4-9,14,16,20H,3,10-13,15H2,1-2H3. The number of amides is 2. The maximum atomic E-state index is 14.1. The molecule has 1 atom stereocenters. The lowest BCUT2D eigenvalue weighted by molar-refractivity contribution is -0.133. The SMILES string of the molecule is CCOC(=O)N1CCN(C(=O)CC(c2cccc(F)c2)c2cnc3c(C)cccn23)CC1. The molecule has 1 fully saturated rings. The summed E-state index contributed by atoms with van der Waals surface area (Å²) in [6.45, 7) is 5.84. The zero-order valence-corrected chi connectivity index (χ0v) is 18.3. The fraction of sp³-hybridized carbons (Fsp3) is 0.375. The number of piperazine rings is 1. The van der Waals surface area contributed by atoms with Crippen molar-refractivity contribution in [3.63, 3.8) is 0 Å². The highest BCUT2D eigenvalue weighted by Crippen LogP contribution is 2.30. The zero-order valence-electron chi connectivity index (χ0n) is 18.3. The summed E-state index contributed by atoms with van der Waals surface area (Å²) in [5, 5.41) is 0. The molecule has 2 aromatic heterocycles. The third-order valence-electron chi connectivity index (χ3n) is 5.90. The van der Waals surface area contributed by atoms with E-state index >= 15 is 0 Å². The monoisotopic (exact) mass is 438 g/mol. The number of carbonyl (C=O) groups is 2. The van der Waals surface area contributed by atoms with Crippen molar-refractivity contribution in [1.29, 1.82) is 0 Å². The fourth-order valence-electron chi connectivity index (χ4n) is 4.20. The predicted octanol–water partition coefficient (Wildman–Crippen LogP) is 3.60. The van der Waals surface area contributed by atoms with Crippen molar-refractivity contribution in [2.45, 2.75) is 26.2 Å². The molecule has 1 unspecified atom stereocenters. The van der Waals surface area contributed by atoms with Crippen LogP contribution in [0.2, 0.25) is 0 Å². The van der Waals surface area contributed by atoms with E-state index in [0.29, 0.717) is 32.8 Å². The Hall–Kier alpha value is -3.42. The van der Waals surface area contributed by atoms with Crippen LogP contribution in [0.15, 0.2) is 48.8 Å². The van der Waals surface area contributed by atoms with Gasteiger partial charge in [-0.25, -0.2) is 14.2 Å². The van der Waals surface area contributed by atoms with Crippen molar-refractivity contribution in [2.75, 3.05) is 32.8 Å². The van der Waals surface area contributed by atoms with Gasteiger partial charge in [-0.05, 0) is 43.2 Å². The topological polar surface area (TPSA) is 67.2 Å². The Morgan fingerprint density at radius 3 is 2.59 bits per heavy atom. The molecule has 168 valence electrons. The number of aryl methyl sites for hydroxylation is 1. The van der Waals surface area contributed by atoms with E-state index in [1.807, 2.05) is 35.7 Å². The molecule has 3 aromatic rings. The molecule has 32 heavy (non-hydrogen) atoms. The Bertz CT molecular complexity index is 1120. The van der Waals surface area contributed by atoms with E-state index in [-0.39, 0.29) is 30.2 Å². The highest BCUT2D eigenvalue weighted by atomic mass is 19.1. The average molecular weight is 439 g/mol. The van der Waals surface area contributed by atoms with Gasteiger partial charge in [-0.2, -0.15) is 0 Å². The summed E-state index contributed by atoms with van der Waals surface area (Å²) in [6, 6.07) is 10.3. The van der Waals surface area contributed by atoms with Gasteiger partial charge in [0, 0.05) is 50.9 Å². The number of rotatable bonds is 5. The molecular formula is C24H27FN4O3. The van der Waals surface area contributed by atoms with Crippen LogP contribution < -0.4 is 0 Å². The zero-order chi connectivity index (χ0) is 22.7. The number of pyridine rings is 1. The van der Waals surface area contributed by atoms with Crippen molar-refractivity contribution in [3.8, 4) is 0 Å². The molecule has 3 heterocycles. The number of imidazole rings is 1.